The molecule has 2 atom stereocenters. The first-order valence-electron chi connectivity index (χ1n) is 6.31. The molecule has 0 aliphatic carbocycles. The van der Waals surface area contributed by atoms with Crippen molar-refractivity contribution in [2.24, 2.45) is 5.92 Å². The maximum Gasteiger partial charge on any atom is 0.120 e. The lowest BCUT2D eigenvalue weighted by molar-refractivity contribution is -0.0320. The van der Waals surface area contributed by atoms with E-state index in [2.05, 4.69) is 4.90 Å². The molecule has 2 rings (SSSR count). The molecule has 1 saturated heterocycles. The van der Waals surface area contributed by atoms with Crippen LogP contribution in [0.15, 0.2) is 24.3 Å². The zero-order chi connectivity index (χ0) is 13.0. The van der Waals surface area contributed by atoms with E-state index in [1.807, 2.05) is 31.3 Å². The molecule has 0 radical (unpaired) electrons. The topological polar surface area (TPSA) is 41.9 Å². The van der Waals surface area contributed by atoms with E-state index in [-0.39, 0.29) is 12.0 Å². The second-order valence-electron chi connectivity index (χ2n) is 4.77. The first-order chi connectivity index (χ1) is 8.70. The van der Waals surface area contributed by atoms with Gasteiger partial charge in [-0.3, -0.25) is 0 Å². The minimum absolute atomic E-state index is 0.176. The van der Waals surface area contributed by atoms with Crippen LogP contribution >= 0.6 is 0 Å². The molecule has 100 valence electrons. The Labute approximate surface area is 108 Å². The molecule has 1 aromatic rings. The Bertz CT molecular complexity index is 383. The highest BCUT2D eigenvalue weighted by molar-refractivity contribution is 5.50. The number of aliphatic hydroxyl groups is 1. The van der Waals surface area contributed by atoms with Crippen molar-refractivity contribution < 1.29 is 14.6 Å². The summed E-state index contributed by atoms with van der Waals surface area (Å²) in [7, 11) is 3.69. The average molecular weight is 251 g/mol. The Hall–Kier alpha value is -1.26. The number of ether oxygens (including phenoxy) is 2. The van der Waals surface area contributed by atoms with E-state index in [9.17, 15) is 5.11 Å². The van der Waals surface area contributed by atoms with Crippen LogP contribution in [0.25, 0.3) is 0 Å². The van der Waals surface area contributed by atoms with Gasteiger partial charge in [-0.2, -0.15) is 0 Å². The number of methoxy groups -OCH3 is 1. The maximum atomic E-state index is 9.93. The monoisotopic (exact) mass is 251 g/mol. The van der Waals surface area contributed by atoms with Gasteiger partial charge in [0.25, 0.3) is 0 Å². The Kier molecular flexibility index (Phi) is 4.44. The lowest BCUT2D eigenvalue weighted by Crippen LogP contribution is -2.39. The van der Waals surface area contributed by atoms with E-state index in [4.69, 9.17) is 9.47 Å². The molecule has 4 nitrogen and oxygen atoms in total. The first kappa shape index (κ1) is 13.2. The molecule has 0 spiro atoms. The fourth-order valence-electron chi connectivity index (χ4n) is 2.27. The van der Waals surface area contributed by atoms with Crippen molar-refractivity contribution in [3.05, 3.63) is 24.3 Å². The Balaban J connectivity index is 1.99. The summed E-state index contributed by atoms with van der Waals surface area (Å²) < 4.78 is 10.6. The number of aliphatic hydroxyl groups excluding tert-OH is 1. The summed E-state index contributed by atoms with van der Waals surface area (Å²) in [5.41, 5.74) is 1.09. The van der Waals surface area contributed by atoms with Crippen molar-refractivity contribution in [3.8, 4) is 5.75 Å². The van der Waals surface area contributed by atoms with E-state index in [0.29, 0.717) is 13.2 Å². The molecule has 0 bridgehead atoms. The molecule has 2 unspecified atom stereocenters. The predicted octanol–water partition coefficient (Wildman–Crippen LogP) is 1.53. The molecular formula is C14H21NO3. The molecule has 1 aromatic carbocycles. The molecule has 1 aliphatic heterocycles. The standard InChI is InChI=1S/C14H21NO3/c1-15(9-11-10-18-7-6-14(11)16)12-4-3-5-13(8-12)17-2/h3-5,8,11,14,16H,6-7,9-10H2,1-2H3. The summed E-state index contributed by atoms with van der Waals surface area (Å²) in [4.78, 5) is 2.13. The summed E-state index contributed by atoms with van der Waals surface area (Å²) in [6.45, 7) is 2.09. The number of rotatable bonds is 4. The highest BCUT2D eigenvalue weighted by Gasteiger charge is 2.25. The van der Waals surface area contributed by atoms with E-state index in [0.717, 1.165) is 24.4 Å². The van der Waals surface area contributed by atoms with Crippen LogP contribution in [0.3, 0.4) is 0 Å². The summed E-state index contributed by atoms with van der Waals surface area (Å²) in [5.74, 6) is 1.02. The maximum absolute atomic E-state index is 9.93. The van der Waals surface area contributed by atoms with Crippen LogP contribution < -0.4 is 9.64 Å². The third-order valence-electron chi connectivity index (χ3n) is 3.44. The highest BCUT2D eigenvalue weighted by Crippen LogP contribution is 2.23. The molecule has 0 saturated carbocycles. The Morgan fingerprint density at radius 2 is 2.33 bits per heavy atom. The van der Waals surface area contributed by atoms with Gasteiger partial charge >= 0.3 is 0 Å². The van der Waals surface area contributed by atoms with Gasteiger partial charge in [-0.1, -0.05) is 6.07 Å². The van der Waals surface area contributed by atoms with Gasteiger partial charge < -0.3 is 19.5 Å². The number of benzene rings is 1. The zero-order valence-electron chi connectivity index (χ0n) is 11.0. The van der Waals surface area contributed by atoms with Gasteiger partial charge in [0, 0.05) is 37.9 Å². The van der Waals surface area contributed by atoms with Gasteiger partial charge in [0.15, 0.2) is 0 Å². The molecular weight excluding hydrogens is 230 g/mol. The van der Waals surface area contributed by atoms with Gasteiger partial charge in [0.2, 0.25) is 0 Å². The summed E-state index contributed by atoms with van der Waals surface area (Å²) in [6.07, 6.45) is 0.475. The van der Waals surface area contributed by atoms with Crippen molar-refractivity contribution in [1.82, 2.24) is 0 Å². The van der Waals surface area contributed by atoms with Crippen LogP contribution in [0.5, 0.6) is 5.75 Å². The third-order valence-corrected chi connectivity index (χ3v) is 3.44. The van der Waals surface area contributed by atoms with Crippen LogP contribution in [0.4, 0.5) is 5.69 Å². The van der Waals surface area contributed by atoms with Gasteiger partial charge in [-0.15, -0.1) is 0 Å². The molecule has 0 amide bonds. The second-order valence-corrected chi connectivity index (χ2v) is 4.77. The SMILES string of the molecule is COc1cccc(N(C)CC2COCCC2O)c1. The second kappa shape index (κ2) is 6.07. The lowest BCUT2D eigenvalue weighted by atomic mass is 9.98. The molecule has 4 heteroatoms. The number of nitrogens with zero attached hydrogens (tertiary/aromatic N) is 1. The van der Waals surface area contributed by atoms with E-state index < -0.39 is 0 Å². The van der Waals surface area contributed by atoms with Crippen molar-refractivity contribution in [2.75, 3.05) is 38.8 Å². The number of hydrogen-bond acceptors (Lipinski definition) is 4. The largest absolute Gasteiger partial charge is 0.497 e. The Morgan fingerprint density at radius 3 is 3.06 bits per heavy atom. The quantitative estimate of drug-likeness (QED) is 0.881. The minimum Gasteiger partial charge on any atom is -0.497 e. The average Bonchev–Trinajstić information content (AvgIpc) is 2.41. The van der Waals surface area contributed by atoms with Crippen LogP contribution in [0, 0.1) is 5.92 Å². The van der Waals surface area contributed by atoms with Crippen molar-refractivity contribution in [3.63, 3.8) is 0 Å². The van der Waals surface area contributed by atoms with E-state index in [1.54, 1.807) is 7.11 Å². The van der Waals surface area contributed by atoms with Crippen LogP contribution in [-0.4, -0.2) is 45.1 Å². The van der Waals surface area contributed by atoms with Crippen LogP contribution in [0.2, 0.25) is 0 Å². The van der Waals surface area contributed by atoms with E-state index >= 15 is 0 Å². The van der Waals surface area contributed by atoms with Crippen molar-refractivity contribution >= 4 is 5.69 Å². The number of hydrogen-bond donors (Lipinski definition) is 1. The smallest absolute Gasteiger partial charge is 0.120 e. The van der Waals surface area contributed by atoms with Gasteiger partial charge in [0.1, 0.15) is 5.75 Å². The zero-order valence-corrected chi connectivity index (χ0v) is 11.0. The summed E-state index contributed by atoms with van der Waals surface area (Å²) in [5, 5.41) is 9.93. The summed E-state index contributed by atoms with van der Waals surface area (Å²) in [6, 6.07) is 7.93. The molecule has 1 aliphatic rings. The molecule has 18 heavy (non-hydrogen) atoms. The lowest BCUT2D eigenvalue weighted by Gasteiger charge is -2.32. The normalized spacial score (nSPS) is 23.7. The van der Waals surface area contributed by atoms with Gasteiger partial charge in [0.05, 0.1) is 19.8 Å². The highest BCUT2D eigenvalue weighted by atomic mass is 16.5. The summed E-state index contributed by atoms with van der Waals surface area (Å²) >= 11 is 0. The van der Waals surface area contributed by atoms with Crippen LogP contribution in [-0.2, 0) is 4.74 Å². The van der Waals surface area contributed by atoms with Gasteiger partial charge in [-0.05, 0) is 18.6 Å². The molecule has 0 aromatic heterocycles. The molecule has 1 N–H and O–H groups in total. The van der Waals surface area contributed by atoms with Crippen LogP contribution in [0.1, 0.15) is 6.42 Å². The van der Waals surface area contributed by atoms with Gasteiger partial charge in [-0.25, -0.2) is 0 Å². The predicted molar refractivity (Wildman–Crippen MR) is 71.2 cm³/mol. The first-order valence-corrected chi connectivity index (χ1v) is 6.31. The minimum atomic E-state index is -0.258. The molecule has 1 heterocycles. The fraction of sp³-hybridized carbons (Fsp3) is 0.571. The third kappa shape index (κ3) is 3.15. The molecule has 1 fully saturated rings. The van der Waals surface area contributed by atoms with Crippen molar-refractivity contribution in [2.45, 2.75) is 12.5 Å². The Morgan fingerprint density at radius 1 is 1.50 bits per heavy atom. The van der Waals surface area contributed by atoms with E-state index in [1.165, 1.54) is 0 Å². The van der Waals surface area contributed by atoms with Crippen molar-refractivity contribution in [1.29, 1.82) is 0 Å². The number of anilines is 1. The fourth-order valence-corrected chi connectivity index (χ4v) is 2.27.